The molecule has 3 rings (SSSR count). The fourth-order valence-corrected chi connectivity index (χ4v) is 2.53. The van der Waals surface area contributed by atoms with E-state index < -0.39 is 28.5 Å². The lowest BCUT2D eigenvalue weighted by Crippen LogP contribution is -2.36. The summed E-state index contributed by atoms with van der Waals surface area (Å²) < 4.78 is 42.9. The van der Waals surface area contributed by atoms with Crippen molar-refractivity contribution < 1.29 is 27.6 Å². The summed E-state index contributed by atoms with van der Waals surface area (Å²) in [4.78, 5) is 31.2. The lowest BCUT2D eigenvalue weighted by molar-refractivity contribution is -0.385. The van der Waals surface area contributed by atoms with Crippen LogP contribution in [0.5, 0.6) is 0 Å². The molecule has 0 spiro atoms. The summed E-state index contributed by atoms with van der Waals surface area (Å²) in [5.74, 6) is 3.12. The molecule has 2 aromatic rings. The second-order valence-electron chi connectivity index (χ2n) is 6.05. The van der Waals surface area contributed by atoms with Crippen molar-refractivity contribution in [2.45, 2.75) is 6.18 Å². The van der Waals surface area contributed by atoms with Gasteiger partial charge in [-0.15, -0.1) is 0 Å². The summed E-state index contributed by atoms with van der Waals surface area (Å²) in [6.45, 7) is 2.40. The molecule has 0 bridgehead atoms. The number of halogens is 3. The van der Waals surface area contributed by atoms with Crippen molar-refractivity contribution in [2.24, 2.45) is 0 Å². The molecule has 1 fully saturated rings. The number of hydrogen-bond donors (Lipinski definition) is 1. The Morgan fingerprint density at radius 1 is 1.23 bits per heavy atom. The van der Waals surface area contributed by atoms with E-state index in [-0.39, 0.29) is 5.56 Å². The van der Waals surface area contributed by atoms with Crippen molar-refractivity contribution in [3.8, 4) is 11.8 Å². The molecule has 3 heterocycles. The molecular formula is C18H14F3N5O4. The van der Waals surface area contributed by atoms with Gasteiger partial charge in [-0.05, 0) is 12.1 Å². The van der Waals surface area contributed by atoms with Crippen LogP contribution in [0.25, 0.3) is 0 Å². The van der Waals surface area contributed by atoms with Crippen LogP contribution in [0.2, 0.25) is 0 Å². The van der Waals surface area contributed by atoms with E-state index in [2.05, 4.69) is 21.8 Å². The van der Waals surface area contributed by atoms with Gasteiger partial charge in [0.05, 0.1) is 23.7 Å². The van der Waals surface area contributed by atoms with Crippen molar-refractivity contribution in [1.29, 1.82) is 0 Å². The number of carbonyl (C=O) groups is 1. The number of carbonyl (C=O) groups excluding carboxylic acids is 1. The van der Waals surface area contributed by atoms with Gasteiger partial charge in [0, 0.05) is 30.9 Å². The van der Waals surface area contributed by atoms with E-state index in [1.165, 1.54) is 6.20 Å². The summed E-state index contributed by atoms with van der Waals surface area (Å²) in [5, 5.41) is 12.5. The van der Waals surface area contributed by atoms with Crippen LogP contribution in [0, 0.1) is 22.0 Å². The number of nitrogens with one attached hydrogen (secondary N) is 1. The largest absolute Gasteiger partial charge is 0.471 e. The molecule has 0 aliphatic carbocycles. The van der Waals surface area contributed by atoms with Gasteiger partial charge in [-0.25, -0.2) is 9.97 Å². The van der Waals surface area contributed by atoms with Gasteiger partial charge in [-0.1, -0.05) is 11.8 Å². The number of pyridine rings is 2. The fraction of sp³-hybridized carbons (Fsp3) is 0.278. The van der Waals surface area contributed by atoms with Gasteiger partial charge in [-0.3, -0.25) is 14.9 Å². The number of rotatable bonds is 3. The summed E-state index contributed by atoms with van der Waals surface area (Å²) >= 11 is 0. The third-order valence-electron chi connectivity index (χ3n) is 4.00. The van der Waals surface area contributed by atoms with Crippen LogP contribution in [0.3, 0.4) is 0 Å². The maximum absolute atomic E-state index is 12.5. The zero-order chi connectivity index (χ0) is 21.7. The maximum atomic E-state index is 12.5. The Morgan fingerprint density at radius 2 is 1.97 bits per heavy atom. The summed E-state index contributed by atoms with van der Waals surface area (Å²) in [7, 11) is 0. The summed E-state index contributed by atoms with van der Waals surface area (Å²) in [6.07, 6.45) is -2.89. The average Bonchev–Trinajstić information content (AvgIpc) is 2.73. The third-order valence-corrected chi connectivity index (χ3v) is 4.00. The normalized spacial score (nSPS) is 13.9. The molecular weight excluding hydrogens is 407 g/mol. The SMILES string of the molecule is O=C(Nc1ncc([N+](=O)[O-])cc1C#Cc1ccnc(N2CCOCC2)c1)C(F)(F)F. The van der Waals surface area contributed by atoms with Crippen LogP contribution in [0.15, 0.2) is 30.6 Å². The zero-order valence-electron chi connectivity index (χ0n) is 15.3. The number of nitro groups is 1. The van der Waals surface area contributed by atoms with E-state index in [1.807, 2.05) is 4.90 Å². The van der Waals surface area contributed by atoms with Gasteiger partial charge in [0.2, 0.25) is 0 Å². The second-order valence-corrected chi connectivity index (χ2v) is 6.05. The van der Waals surface area contributed by atoms with E-state index >= 15 is 0 Å². The molecule has 1 amide bonds. The van der Waals surface area contributed by atoms with Crippen LogP contribution in [0.4, 0.5) is 30.5 Å². The van der Waals surface area contributed by atoms with Crippen LogP contribution < -0.4 is 10.2 Å². The number of hydrogen-bond acceptors (Lipinski definition) is 7. The highest BCUT2D eigenvalue weighted by atomic mass is 19.4. The highest BCUT2D eigenvalue weighted by molar-refractivity contribution is 5.95. The van der Waals surface area contributed by atoms with E-state index in [4.69, 9.17) is 4.74 Å². The minimum Gasteiger partial charge on any atom is -0.378 e. The van der Waals surface area contributed by atoms with Crippen molar-refractivity contribution >= 4 is 23.2 Å². The number of aromatic nitrogens is 2. The van der Waals surface area contributed by atoms with Crippen molar-refractivity contribution in [3.05, 3.63) is 51.8 Å². The van der Waals surface area contributed by atoms with Gasteiger partial charge in [0.15, 0.2) is 0 Å². The van der Waals surface area contributed by atoms with Gasteiger partial charge in [-0.2, -0.15) is 13.2 Å². The first kappa shape index (κ1) is 21.0. The molecule has 2 aromatic heterocycles. The van der Waals surface area contributed by atoms with Gasteiger partial charge >= 0.3 is 12.1 Å². The number of ether oxygens (including phenoxy) is 1. The smallest absolute Gasteiger partial charge is 0.378 e. The first-order valence-corrected chi connectivity index (χ1v) is 8.57. The van der Waals surface area contributed by atoms with E-state index in [9.17, 15) is 28.1 Å². The van der Waals surface area contributed by atoms with E-state index in [0.717, 1.165) is 12.3 Å². The van der Waals surface area contributed by atoms with Crippen LogP contribution in [-0.2, 0) is 9.53 Å². The van der Waals surface area contributed by atoms with E-state index in [1.54, 1.807) is 17.4 Å². The molecule has 156 valence electrons. The van der Waals surface area contributed by atoms with Crippen molar-refractivity contribution in [3.63, 3.8) is 0 Å². The monoisotopic (exact) mass is 421 g/mol. The van der Waals surface area contributed by atoms with Crippen molar-refractivity contribution in [2.75, 3.05) is 36.5 Å². The van der Waals surface area contributed by atoms with Crippen LogP contribution >= 0.6 is 0 Å². The summed E-state index contributed by atoms with van der Waals surface area (Å²) in [5.41, 5.74) is -0.231. The quantitative estimate of drug-likeness (QED) is 0.459. The first-order valence-electron chi connectivity index (χ1n) is 8.57. The maximum Gasteiger partial charge on any atom is 0.471 e. The lowest BCUT2D eigenvalue weighted by Gasteiger charge is -2.27. The molecule has 1 saturated heterocycles. The molecule has 1 aliphatic heterocycles. The highest BCUT2D eigenvalue weighted by Crippen LogP contribution is 2.22. The number of anilines is 2. The average molecular weight is 421 g/mol. The summed E-state index contributed by atoms with van der Waals surface area (Å²) in [6, 6.07) is 4.20. The number of morpholine rings is 1. The van der Waals surface area contributed by atoms with Gasteiger partial charge < -0.3 is 15.0 Å². The minimum absolute atomic E-state index is 0.230. The standard InChI is InChI=1S/C18H14F3N5O4/c19-18(20,21)17(27)24-16-13(10-14(11-23-16)26(28)29)2-1-12-3-4-22-15(9-12)25-5-7-30-8-6-25/h3-4,9-11H,5-8H2,(H,23,24,27). The van der Waals surface area contributed by atoms with Gasteiger partial charge in [0.1, 0.15) is 17.8 Å². The third kappa shape index (κ3) is 5.21. The topological polar surface area (TPSA) is 110 Å². The predicted octanol–water partition coefficient (Wildman–Crippen LogP) is 2.12. The lowest BCUT2D eigenvalue weighted by atomic mass is 10.2. The Hall–Kier alpha value is -3.72. The Morgan fingerprint density at radius 3 is 2.63 bits per heavy atom. The molecule has 0 aromatic carbocycles. The molecule has 0 radical (unpaired) electrons. The molecule has 1 aliphatic rings. The van der Waals surface area contributed by atoms with Crippen molar-refractivity contribution in [1.82, 2.24) is 9.97 Å². The predicted molar refractivity (Wildman–Crippen MR) is 98.8 cm³/mol. The van der Waals surface area contributed by atoms with Crippen LogP contribution in [-0.4, -0.2) is 53.3 Å². The molecule has 0 unspecified atom stereocenters. The first-order chi connectivity index (χ1) is 14.2. The van der Waals surface area contributed by atoms with E-state index in [0.29, 0.717) is 37.7 Å². The fourth-order valence-electron chi connectivity index (χ4n) is 2.53. The molecule has 1 N–H and O–H groups in total. The number of alkyl halides is 3. The molecule has 12 heteroatoms. The molecule has 0 atom stereocenters. The Labute approximate surface area is 168 Å². The van der Waals surface area contributed by atoms with Crippen LogP contribution in [0.1, 0.15) is 11.1 Å². The molecule has 0 saturated carbocycles. The highest BCUT2D eigenvalue weighted by Gasteiger charge is 2.39. The number of amides is 1. The minimum atomic E-state index is -5.15. The Bertz CT molecular complexity index is 1030. The Kier molecular flexibility index (Phi) is 6.12. The Balaban J connectivity index is 1.92. The molecule has 9 nitrogen and oxygen atoms in total. The molecule has 30 heavy (non-hydrogen) atoms. The zero-order valence-corrected chi connectivity index (χ0v) is 15.3. The second kappa shape index (κ2) is 8.75. The van der Waals surface area contributed by atoms with Gasteiger partial charge in [0.25, 0.3) is 5.69 Å². The number of nitrogens with zero attached hydrogens (tertiary/aromatic N) is 4.